The third-order valence-corrected chi connectivity index (χ3v) is 5.04. The van der Waals surface area contributed by atoms with Crippen LogP contribution in [0.1, 0.15) is 25.1 Å². The number of halogens is 2. The Labute approximate surface area is 180 Å². The molecular weight excluding hydrogens is 413 g/mol. The van der Waals surface area contributed by atoms with Crippen LogP contribution in [0.2, 0.25) is 10.0 Å². The molecule has 29 heavy (non-hydrogen) atoms. The van der Waals surface area contributed by atoms with Crippen molar-refractivity contribution in [3.63, 3.8) is 0 Å². The Balaban J connectivity index is 1.41. The number of amides is 1. The van der Waals surface area contributed by atoms with Gasteiger partial charge in [0.15, 0.2) is 6.61 Å². The minimum atomic E-state index is -0.231. The van der Waals surface area contributed by atoms with E-state index in [-0.39, 0.29) is 12.5 Å². The second-order valence-electron chi connectivity index (χ2n) is 6.85. The Morgan fingerprint density at radius 3 is 2.69 bits per heavy atom. The summed E-state index contributed by atoms with van der Waals surface area (Å²) in [6.07, 6.45) is 3.67. The van der Waals surface area contributed by atoms with Crippen molar-refractivity contribution in [1.82, 2.24) is 15.3 Å². The van der Waals surface area contributed by atoms with Gasteiger partial charge in [0.25, 0.3) is 5.91 Å². The highest BCUT2D eigenvalue weighted by Gasteiger charge is 2.14. The van der Waals surface area contributed by atoms with Gasteiger partial charge >= 0.3 is 0 Å². The van der Waals surface area contributed by atoms with Gasteiger partial charge in [0.1, 0.15) is 23.2 Å². The standard InChI is InChI=1S/C20H25Cl2N5O2/c1-14-25-18(12-19(26-14)27-9-3-2-4-10-27)23-7-8-24-20(28)13-29-17-6-5-15(21)11-16(17)22/h5-6,11-12H,2-4,7-10,13H2,1H3,(H,24,28)(H,23,25,26). The van der Waals surface area contributed by atoms with Crippen LogP contribution in [-0.2, 0) is 4.79 Å². The molecular formula is C20H25Cl2N5O2. The molecule has 3 rings (SSSR count). The Bertz CT molecular complexity index is 844. The van der Waals surface area contributed by atoms with Crippen LogP contribution in [0.15, 0.2) is 24.3 Å². The number of carbonyl (C=O) groups excluding carboxylic acids is 1. The van der Waals surface area contributed by atoms with Gasteiger partial charge in [0.2, 0.25) is 0 Å². The summed E-state index contributed by atoms with van der Waals surface area (Å²) >= 11 is 11.9. The van der Waals surface area contributed by atoms with E-state index >= 15 is 0 Å². The molecule has 0 aliphatic carbocycles. The van der Waals surface area contributed by atoms with Gasteiger partial charge in [-0.05, 0) is 44.4 Å². The SMILES string of the molecule is Cc1nc(NCCNC(=O)COc2ccc(Cl)cc2Cl)cc(N2CCCCC2)n1. The fourth-order valence-electron chi connectivity index (χ4n) is 3.11. The molecule has 0 atom stereocenters. The number of nitrogens with one attached hydrogen (secondary N) is 2. The van der Waals surface area contributed by atoms with E-state index in [1.54, 1.807) is 18.2 Å². The molecule has 1 amide bonds. The summed E-state index contributed by atoms with van der Waals surface area (Å²) in [6.45, 7) is 4.82. The average molecular weight is 438 g/mol. The summed E-state index contributed by atoms with van der Waals surface area (Å²) in [6, 6.07) is 6.83. The van der Waals surface area contributed by atoms with Crippen LogP contribution in [0, 0.1) is 6.92 Å². The molecule has 1 aliphatic heterocycles. The van der Waals surface area contributed by atoms with Crippen molar-refractivity contribution in [2.45, 2.75) is 26.2 Å². The lowest BCUT2D eigenvalue weighted by Gasteiger charge is -2.28. The number of hydrogen-bond donors (Lipinski definition) is 2. The number of ether oxygens (including phenoxy) is 1. The molecule has 1 saturated heterocycles. The van der Waals surface area contributed by atoms with Crippen LogP contribution in [0.25, 0.3) is 0 Å². The summed E-state index contributed by atoms with van der Waals surface area (Å²) < 4.78 is 5.42. The first-order valence-corrected chi connectivity index (χ1v) is 10.5. The highest BCUT2D eigenvalue weighted by Crippen LogP contribution is 2.27. The first kappa shape index (κ1) is 21.5. The van der Waals surface area contributed by atoms with E-state index in [0.717, 1.165) is 30.5 Å². The minimum absolute atomic E-state index is 0.118. The average Bonchev–Trinajstić information content (AvgIpc) is 2.71. The largest absolute Gasteiger partial charge is 0.482 e. The maximum Gasteiger partial charge on any atom is 0.258 e. The Morgan fingerprint density at radius 2 is 1.93 bits per heavy atom. The van der Waals surface area contributed by atoms with E-state index in [1.165, 1.54) is 19.3 Å². The Morgan fingerprint density at radius 1 is 1.14 bits per heavy atom. The van der Waals surface area contributed by atoms with Crippen LogP contribution in [-0.4, -0.2) is 48.7 Å². The van der Waals surface area contributed by atoms with Crippen molar-refractivity contribution in [1.29, 1.82) is 0 Å². The van der Waals surface area contributed by atoms with Gasteiger partial charge in [-0.25, -0.2) is 9.97 Å². The summed E-state index contributed by atoms with van der Waals surface area (Å²) in [5, 5.41) is 6.92. The first-order valence-electron chi connectivity index (χ1n) is 9.70. The molecule has 0 radical (unpaired) electrons. The molecule has 0 unspecified atom stereocenters. The quantitative estimate of drug-likeness (QED) is 0.612. The van der Waals surface area contributed by atoms with Crippen molar-refractivity contribution >= 4 is 40.7 Å². The minimum Gasteiger partial charge on any atom is -0.482 e. The molecule has 2 N–H and O–H groups in total. The summed E-state index contributed by atoms with van der Waals surface area (Å²) in [5.74, 6) is 2.64. The monoisotopic (exact) mass is 437 g/mol. The number of aryl methyl sites for hydroxylation is 1. The fraction of sp³-hybridized carbons (Fsp3) is 0.450. The molecule has 1 aromatic carbocycles. The number of nitrogens with zero attached hydrogens (tertiary/aromatic N) is 3. The van der Waals surface area contributed by atoms with E-state index in [0.29, 0.717) is 28.9 Å². The van der Waals surface area contributed by atoms with Crippen molar-refractivity contribution in [3.05, 3.63) is 40.1 Å². The number of anilines is 2. The Hall–Kier alpha value is -2.25. The molecule has 0 spiro atoms. The van der Waals surface area contributed by atoms with Gasteiger partial charge < -0.3 is 20.3 Å². The van der Waals surface area contributed by atoms with Crippen LogP contribution < -0.4 is 20.3 Å². The van der Waals surface area contributed by atoms with Gasteiger partial charge in [-0.3, -0.25) is 4.79 Å². The molecule has 0 bridgehead atoms. The van der Waals surface area contributed by atoms with Crippen LogP contribution in [0.3, 0.4) is 0 Å². The predicted molar refractivity (Wildman–Crippen MR) is 116 cm³/mol. The highest BCUT2D eigenvalue weighted by atomic mass is 35.5. The van der Waals surface area contributed by atoms with E-state index in [1.807, 2.05) is 13.0 Å². The third kappa shape index (κ3) is 6.65. The number of piperidine rings is 1. The van der Waals surface area contributed by atoms with E-state index in [2.05, 4.69) is 25.5 Å². The topological polar surface area (TPSA) is 79.4 Å². The number of rotatable bonds is 8. The molecule has 9 heteroatoms. The summed E-state index contributed by atoms with van der Waals surface area (Å²) in [4.78, 5) is 23.2. The first-order chi connectivity index (χ1) is 14.0. The molecule has 1 aliphatic rings. The summed E-state index contributed by atoms with van der Waals surface area (Å²) in [7, 11) is 0. The van der Waals surface area contributed by atoms with Crippen molar-refractivity contribution in [2.75, 3.05) is 43.0 Å². The van der Waals surface area contributed by atoms with Crippen LogP contribution in [0.5, 0.6) is 5.75 Å². The lowest BCUT2D eigenvalue weighted by molar-refractivity contribution is -0.123. The van der Waals surface area contributed by atoms with E-state index < -0.39 is 0 Å². The molecule has 1 aromatic heterocycles. The lowest BCUT2D eigenvalue weighted by Crippen LogP contribution is -2.33. The number of aromatic nitrogens is 2. The van der Waals surface area contributed by atoms with Gasteiger partial charge in [0.05, 0.1) is 5.02 Å². The Kier molecular flexibility index (Phi) is 7.77. The normalized spacial score (nSPS) is 13.8. The molecule has 0 saturated carbocycles. The molecule has 156 valence electrons. The second kappa shape index (κ2) is 10.5. The summed E-state index contributed by atoms with van der Waals surface area (Å²) in [5.41, 5.74) is 0. The van der Waals surface area contributed by atoms with Crippen molar-refractivity contribution in [3.8, 4) is 5.75 Å². The van der Waals surface area contributed by atoms with E-state index in [4.69, 9.17) is 27.9 Å². The van der Waals surface area contributed by atoms with Crippen molar-refractivity contribution < 1.29 is 9.53 Å². The zero-order valence-electron chi connectivity index (χ0n) is 16.4. The zero-order chi connectivity index (χ0) is 20.6. The highest BCUT2D eigenvalue weighted by molar-refractivity contribution is 6.35. The second-order valence-corrected chi connectivity index (χ2v) is 7.69. The predicted octanol–water partition coefficient (Wildman–Crippen LogP) is 3.69. The fourth-order valence-corrected chi connectivity index (χ4v) is 3.57. The molecule has 2 aromatic rings. The van der Waals surface area contributed by atoms with Gasteiger partial charge in [0, 0.05) is 37.3 Å². The third-order valence-electron chi connectivity index (χ3n) is 4.51. The van der Waals surface area contributed by atoms with Crippen LogP contribution >= 0.6 is 23.2 Å². The van der Waals surface area contributed by atoms with Gasteiger partial charge in [-0.1, -0.05) is 23.2 Å². The van der Waals surface area contributed by atoms with Gasteiger partial charge in [-0.2, -0.15) is 0 Å². The number of benzene rings is 1. The molecule has 7 nitrogen and oxygen atoms in total. The number of hydrogen-bond acceptors (Lipinski definition) is 6. The maximum atomic E-state index is 12.0. The zero-order valence-corrected chi connectivity index (χ0v) is 17.9. The maximum absolute atomic E-state index is 12.0. The lowest BCUT2D eigenvalue weighted by atomic mass is 10.1. The van der Waals surface area contributed by atoms with Crippen LogP contribution in [0.4, 0.5) is 11.6 Å². The molecule has 2 heterocycles. The van der Waals surface area contributed by atoms with Gasteiger partial charge in [-0.15, -0.1) is 0 Å². The number of carbonyl (C=O) groups is 1. The van der Waals surface area contributed by atoms with E-state index in [9.17, 15) is 4.79 Å². The molecule has 1 fully saturated rings. The van der Waals surface area contributed by atoms with Crippen molar-refractivity contribution in [2.24, 2.45) is 0 Å². The smallest absolute Gasteiger partial charge is 0.258 e.